The normalized spacial score (nSPS) is 50.6. The Morgan fingerprint density at radius 2 is 1.77 bits per heavy atom. The number of Topliss-reactive ketones (excluding diaryl/α,β-unsaturated/α-hetero) is 1. The van der Waals surface area contributed by atoms with Crippen LogP contribution >= 0.6 is 0 Å². The highest BCUT2D eigenvalue weighted by atomic mass is 16.7. The SMILES string of the molecule is CCC(C)C(=O)O[C@H]1C2C3(CCC4C[C@@H](O)CC[C@@]42C)OC32CC[C@@H](C(C)=O)[C@@]2(C)[C@@H]1OC(C)=O. The van der Waals surface area contributed by atoms with Crippen LogP contribution in [0.25, 0.3) is 0 Å². The molecule has 35 heavy (non-hydrogen) atoms. The topological polar surface area (TPSA) is 102 Å². The van der Waals surface area contributed by atoms with Gasteiger partial charge in [-0.1, -0.05) is 27.7 Å². The molecule has 0 bridgehead atoms. The summed E-state index contributed by atoms with van der Waals surface area (Å²) in [4.78, 5) is 38.7. The summed E-state index contributed by atoms with van der Waals surface area (Å²) in [7, 11) is 0. The van der Waals surface area contributed by atoms with Crippen LogP contribution in [0.2, 0.25) is 0 Å². The molecule has 7 nitrogen and oxygen atoms in total. The van der Waals surface area contributed by atoms with Crippen molar-refractivity contribution in [2.45, 2.75) is 122 Å². The summed E-state index contributed by atoms with van der Waals surface area (Å²) in [5.41, 5.74) is -2.06. The number of ether oxygens (including phenoxy) is 3. The van der Waals surface area contributed by atoms with E-state index in [1.807, 2.05) is 20.8 Å². The predicted molar refractivity (Wildman–Crippen MR) is 127 cm³/mol. The van der Waals surface area contributed by atoms with Crippen LogP contribution in [0.15, 0.2) is 0 Å². The fourth-order valence-electron chi connectivity index (χ4n) is 9.34. The Morgan fingerprint density at radius 3 is 2.40 bits per heavy atom. The van der Waals surface area contributed by atoms with E-state index in [4.69, 9.17) is 14.2 Å². The largest absolute Gasteiger partial charge is 0.458 e. The lowest BCUT2D eigenvalue weighted by Crippen LogP contribution is -2.70. The molecule has 5 aliphatic rings. The van der Waals surface area contributed by atoms with E-state index >= 15 is 0 Å². The Balaban J connectivity index is 1.68. The molecule has 0 amide bonds. The van der Waals surface area contributed by atoms with Crippen molar-refractivity contribution in [1.82, 2.24) is 0 Å². The molecule has 5 unspecified atom stereocenters. The number of aliphatic hydroxyl groups excluding tert-OH is 1. The van der Waals surface area contributed by atoms with Crippen LogP contribution in [-0.2, 0) is 28.6 Å². The van der Waals surface area contributed by atoms with Gasteiger partial charge in [0.2, 0.25) is 0 Å². The maximum Gasteiger partial charge on any atom is 0.309 e. The smallest absolute Gasteiger partial charge is 0.309 e. The van der Waals surface area contributed by atoms with Gasteiger partial charge < -0.3 is 19.3 Å². The third-order valence-electron chi connectivity index (χ3n) is 11.2. The molecule has 0 aromatic rings. The molecule has 11 atom stereocenters. The number of fused-ring (bicyclic) bond motifs is 2. The molecule has 1 N–H and O–H groups in total. The van der Waals surface area contributed by atoms with Crippen molar-refractivity contribution in [3.05, 3.63) is 0 Å². The number of esters is 2. The average Bonchev–Trinajstić information content (AvgIpc) is 3.34. The van der Waals surface area contributed by atoms with E-state index in [-0.39, 0.29) is 46.9 Å². The molecule has 5 rings (SSSR count). The number of ketones is 1. The van der Waals surface area contributed by atoms with E-state index in [0.717, 1.165) is 32.1 Å². The molecule has 4 saturated carbocycles. The lowest BCUT2D eigenvalue weighted by molar-refractivity contribution is -0.226. The van der Waals surface area contributed by atoms with E-state index in [0.29, 0.717) is 19.3 Å². The van der Waals surface area contributed by atoms with Crippen molar-refractivity contribution < 1.29 is 33.7 Å². The van der Waals surface area contributed by atoms with Gasteiger partial charge in [0.15, 0.2) is 0 Å². The monoisotopic (exact) mass is 490 g/mol. The van der Waals surface area contributed by atoms with E-state index < -0.39 is 34.8 Å². The van der Waals surface area contributed by atoms with Gasteiger partial charge in [-0.15, -0.1) is 0 Å². The molecule has 196 valence electrons. The molecule has 0 radical (unpaired) electrons. The summed E-state index contributed by atoms with van der Waals surface area (Å²) in [5.74, 6) is -1.14. The minimum atomic E-state index is -0.765. The fourth-order valence-corrected chi connectivity index (χ4v) is 9.34. The van der Waals surface area contributed by atoms with Gasteiger partial charge in [-0.2, -0.15) is 0 Å². The zero-order chi connectivity index (χ0) is 25.6. The number of carbonyl (C=O) groups excluding carboxylic acids is 3. The highest BCUT2D eigenvalue weighted by molar-refractivity contribution is 5.81. The molecule has 4 aliphatic carbocycles. The molecule has 1 heterocycles. The maximum atomic E-state index is 13.3. The van der Waals surface area contributed by atoms with Crippen molar-refractivity contribution in [2.75, 3.05) is 0 Å². The van der Waals surface area contributed by atoms with Crippen molar-refractivity contribution in [3.63, 3.8) is 0 Å². The molecular weight excluding hydrogens is 448 g/mol. The van der Waals surface area contributed by atoms with Gasteiger partial charge in [0.25, 0.3) is 0 Å². The summed E-state index contributed by atoms with van der Waals surface area (Å²) < 4.78 is 19.4. The molecule has 5 fully saturated rings. The summed E-state index contributed by atoms with van der Waals surface area (Å²) in [6, 6.07) is 0. The first kappa shape index (κ1) is 25.2. The van der Waals surface area contributed by atoms with Crippen LogP contribution in [0.3, 0.4) is 0 Å². The summed E-state index contributed by atoms with van der Waals surface area (Å²) in [5, 5.41) is 10.5. The van der Waals surface area contributed by atoms with Crippen LogP contribution in [0.4, 0.5) is 0 Å². The lowest BCUT2D eigenvalue weighted by Gasteiger charge is -2.61. The van der Waals surface area contributed by atoms with Crippen LogP contribution < -0.4 is 0 Å². The summed E-state index contributed by atoms with van der Waals surface area (Å²) in [6.07, 6.45) is 4.31. The van der Waals surface area contributed by atoms with Gasteiger partial charge in [0.05, 0.1) is 12.0 Å². The Bertz CT molecular complexity index is 932. The quantitative estimate of drug-likeness (QED) is 0.459. The zero-order valence-electron chi connectivity index (χ0n) is 22.1. The van der Waals surface area contributed by atoms with E-state index in [2.05, 4.69) is 6.92 Å². The molecule has 0 aromatic heterocycles. The Hall–Kier alpha value is -1.47. The van der Waals surface area contributed by atoms with E-state index in [9.17, 15) is 19.5 Å². The number of hydrogen-bond donors (Lipinski definition) is 1. The Kier molecular flexibility index (Phi) is 5.77. The van der Waals surface area contributed by atoms with E-state index in [1.54, 1.807) is 6.92 Å². The molecule has 0 aromatic carbocycles. The number of aliphatic hydroxyl groups is 1. The highest BCUT2D eigenvalue weighted by Gasteiger charge is 2.91. The minimum absolute atomic E-state index is 0.0679. The number of carbonyl (C=O) groups is 3. The first-order valence-electron chi connectivity index (χ1n) is 13.6. The summed E-state index contributed by atoms with van der Waals surface area (Å²) in [6.45, 7) is 11.1. The average molecular weight is 491 g/mol. The van der Waals surface area contributed by atoms with Crippen molar-refractivity contribution in [3.8, 4) is 0 Å². The van der Waals surface area contributed by atoms with Crippen molar-refractivity contribution in [2.24, 2.45) is 34.5 Å². The van der Waals surface area contributed by atoms with Gasteiger partial charge in [0.1, 0.15) is 29.2 Å². The first-order chi connectivity index (χ1) is 16.4. The van der Waals surface area contributed by atoms with Crippen LogP contribution in [0.1, 0.15) is 92.9 Å². The molecular formula is C28H42O7. The Labute approximate surface area is 208 Å². The van der Waals surface area contributed by atoms with Gasteiger partial charge in [-0.25, -0.2) is 0 Å². The fraction of sp³-hybridized carbons (Fsp3) is 0.893. The minimum Gasteiger partial charge on any atom is -0.458 e. The summed E-state index contributed by atoms with van der Waals surface area (Å²) >= 11 is 0. The number of epoxide rings is 1. The maximum absolute atomic E-state index is 13.3. The van der Waals surface area contributed by atoms with E-state index in [1.165, 1.54) is 6.92 Å². The van der Waals surface area contributed by atoms with Gasteiger partial charge in [0, 0.05) is 24.2 Å². The highest BCUT2D eigenvalue weighted by Crippen LogP contribution is 2.81. The Morgan fingerprint density at radius 1 is 1.06 bits per heavy atom. The van der Waals surface area contributed by atoms with Crippen LogP contribution in [0.5, 0.6) is 0 Å². The molecule has 2 spiro atoms. The number of hydrogen-bond acceptors (Lipinski definition) is 7. The molecule has 7 heteroatoms. The standard InChI is InChI=1S/C28H42O7/c1-7-15(2)24(32)34-21-22-25(5)11-9-19(31)14-18(25)8-12-27(22)28(35-27)13-10-20(16(3)29)26(28,6)23(21)33-17(4)30/h15,18-23,31H,7-14H2,1-6H3/t15?,18?,19-,20-,21-,22?,23+,25-,26-,27?,28?/m0/s1. The third kappa shape index (κ3) is 3.12. The van der Waals surface area contributed by atoms with Gasteiger partial charge in [-0.05, 0) is 69.6 Å². The predicted octanol–water partition coefficient (Wildman–Crippen LogP) is 3.98. The second-order valence-electron chi connectivity index (χ2n) is 12.7. The molecule has 1 aliphatic heterocycles. The second-order valence-corrected chi connectivity index (χ2v) is 12.7. The van der Waals surface area contributed by atoms with Gasteiger partial charge in [-0.3, -0.25) is 14.4 Å². The lowest BCUT2D eigenvalue weighted by atomic mass is 9.43. The zero-order valence-corrected chi connectivity index (χ0v) is 22.1. The van der Waals surface area contributed by atoms with Crippen molar-refractivity contribution >= 4 is 17.7 Å². The number of rotatable bonds is 5. The van der Waals surface area contributed by atoms with Crippen molar-refractivity contribution in [1.29, 1.82) is 0 Å². The van der Waals surface area contributed by atoms with Gasteiger partial charge >= 0.3 is 11.9 Å². The second kappa shape index (κ2) is 8.01. The first-order valence-corrected chi connectivity index (χ1v) is 13.6. The molecule has 1 saturated heterocycles. The van der Waals surface area contributed by atoms with Crippen LogP contribution in [-0.4, -0.2) is 52.3 Å². The third-order valence-corrected chi connectivity index (χ3v) is 11.2. The van der Waals surface area contributed by atoms with Crippen LogP contribution in [0, 0.1) is 34.5 Å².